The summed E-state index contributed by atoms with van der Waals surface area (Å²) in [4.78, 5) is 0. The second kappa shape index (κ2) is 5.48. The molecule has 0 aromatic carbocycles. The molecule has 0 saturated heterocycles. The molecule has 14 heavy (non-hydrogen) atoms. The van der Waals surface area contributed by atoms with Crippen LogP contribution in [0.4, 0.5) is 0 Å². The summed E-state index contributed by atoms with van der Waals surface area (Å²) < 4.78 is 5.20. The summed E-state index contributed by atoms with van der Waals surface area (Å²) in [5, 5.41) is 0. The Morgan fingerprint density at radius 2 is 2.07 bits per heavy atom. The molecule has 0 amide bonds. The van der Waals surface area contributed by atoms with Crippen LogP contribution in [0.1, 0.15) is 19.1 Å². The number of furan rings is 1. The first-order chi connectivity index (χ1) is 6.38. The minimum atomic E-state index is 0. The van der Waals surface area contributed by atoms with Crippen LogP contribution in [0.15, 0.2) is 46.4 Å². The van der Waals surface area contributed by atoms with E-state index in [1.54, 1.807) is 6.07 Å². The van der Waals surface area contributed by atoms with Gasteiger partial charge in [0, 0.05) is 32.7 Å². The van der Waals surface area contributed by atoms with E-state index in [2.05, 4.69) is 37.5 Å². The molecule has 1 aliphatic carbocycles. The first-order valence-corrected chi connectivity index (χ1v) is 4.38. The van der Waals surface area contributed by atoms with E-state index >= 15 is 0 Å². The molecule has 0 aliphatic heterocycles. The quantitative estimate of drug-likeness (QED) is 0.705. The van der Waals surface area contributed by atoms with Crippen molar-refractivity contribution in [1.29, 1.82) is 0 Å². The predicted octanol–water partition coefficient (Wildman–Crippen LogP) is 3.37. The van der Waals surface area contributed by atoms with Crippen molar-refractivity contribution in [2.45, 2.75) is 13.3 Å². The fourth-order valence-corrected chi connectivity index (χ4v) is 1.36. The van der Waals surface area contributed by atoms with Gasteiger partial charge in [0.25, 0.3) is 0 Å². The molecule has 1 heterocycles. The van der Waals surface area contributed by atoms with E-state index in [-0.39, 0.29) is 32.7 Å². The Hall–Kier alpha value is -0.396. The van der Waals surface area contributed by atoms with Crippen molar-refractivity contribution in [2.24, 2.45) is 0 Å². The molecule has 69 valence electrons. The van der Waals surface area contributed by atoms with Crippen molar-refractivity contribution in [2.75, 3.05) is 0 Å². The maximum atomic E-state index is 5.20. The normalized spacial score (nSPS) is 13.9. The van der Waals surface area contributed by atoms with Gasteiger partial charge in [0.1, 0.15) is 0 Å². The van der Waals surface area contributed by atoms with Gasteiger partial charge in [0.05, 0.1) is 0 Å². The summed E-state index contributed by atoms with van der Waals surface area (Å²) in [5.41, 5.74) is 2.38. The van der Waals surface area contributed by atoms with Gasteiger partial charge < -0.3 is 4.42 Å². The van der Waals surface area contributed by atoms with Gasteiger partial charge in [-0.3, -0.25) is 0 Å². The van der Waals surface area contributed by atoms with E-state index in [4.69, 9.17) is 4.42 Å². The third-order valence-corrected chi connectivity index (χ3v) is 2.14. The van der Waals surface area contributed by atoms with Crippen molar-refractivity contribution in [1.82, 2.24) is 0 Å². The Morgan fingerprint density at radius 1 is 1.36 bits per heavy atom. The van der Waals surface area contributed by atoms with Crippen LogP contribution in [0.5, 0.6) is 0 Å². The van der Waals surface area contributed by atoms with Gasteiger partial charge >= 0.3 is 0 Å². The van der Waals surface area contributed by atoms with Crippen LogP contribution in [-0.2, 0) is 32.7 Å². The fourth-order valence-electron chi connectivity index (χ4n) is 1.36. The van der Waals surface area contributed by atoms with Gasteiger partial charge in [0.2, 0.25) is 0 Å². The van der Waals surface area contributed by atoms with Crippen molar-refractivity contribution in [3.8, 4) is 0 Å². The average Bonchev–Trinajstić information content (AvgIpc) is 2.71. The van der Waals surface area contributed by atoms with Gasteiger partial charge in [-0.1, -0.05) is 29.9 Å². The molecule has 2 rings (SSSR count). The number of rotatable bonds is 1. The summed E-state index contributed by atoms with van der Waals surface area (Å²) >= 11 is 0. The van der Waals surface area contributed by atoms with Crippen LogP contribution in [0.25, 0.3) is 5.57 Å². The zero-order valence-electron chi connectivity index (χ0n) is 8.16. The van der Waals surface area contributed by atoms with Crippen molar-refractivity contribution in [3.63, 3.8) is 0 Å². The van der Waals surface area contributed by atoms with Gasteiger partial charge in [0.15, 0.2) is 0 Å². The van der Waals surface area contributed by atoms with E-state index < -0.39 is 0 Å². The van der Waals surface area contributed by atoms with Crippen molar-refractivity contribution >= 4 is 5.57 Å². The van der Waals surface area contributed by atoms with Gasteiger partial charge in [-0.25, -0.2) is 0 Å². The van der Waals surface area contributed by atoms with Crippen LogP contribution < -0.4 is 0 Å². The molecule has 1 aliphatic rings. The molecule has 1 radical (unpaired) electrons. The molecule has 1 aromatic heterocycles. The molecular formula is C12H11OY-. The van der Waals surface area contributed by atoms with E-state index in [9.17, 15) is 0 Å². The summed E-state index contributed by atoms with van der Waals surface area (Å²) in [6, 6.07) is 3.72. The Kier molecular flexibility index (Phi) is 4.57. The molecule has 0 fully saturated rings. The van der Waals surface area contributed by atoms with Crippen LogP contribution in [0.2, 0.25) is 0 Å². The summed E-state index contributed by atoms with van der Waals surface area (Å²) in [6.45, 7) is 2.06. The molecule has 0 saturated carbocycles. The largest absolute Gasteiger partial charge is 0.591 e. The fraction of sp³-hybridized carbons (Fsp3) is 0.167. The molecule has 2 heteroatoms. The maximum Gasteiger partial charge on any atom is 0 e. The van der Waals surface area contributed by atoms with Crippen LogP contribution in [0.3, 0.4) is 0 Å². The second-order valence-electron chi connectivity index (χ2n) is 3.04. The Morgan fingerprint density at radius 3 is 2.64 bits per heavy atom. The van der Waals surface area contributed by atoms with Crippen molar-refractivity contribution in [3.05, 3.63) is 54.0 Å². The average molecular weight is 260 g/mol. The monoisotopic (exact) mass is 260 g/mol. The Balaban J connectivity index is 0.000000980. The Bertz CT molecular complexity index is 355. The molecule has 0 N–H and O–H groups in total. The molecular weight excluding hydrogens is 249 g/mol. The van der Waals surface area contributed by atoms with E-state index in [1.807, 2.05) is 6.07 Å². The third kappa shape index (κ3) is 2.55. The van der Waals surface area contributed by atoms with Gasteiger partial charge in [-0.2, -0.15) is 6.07 Å². The second-order valence-corrected chi connectivity index (χ2v) is 3.04. The van der Waals surface area contributed by atoms with Crippen molar-refractivity contribution < 1.29 is 37.1 Å². The predicted molar refractivity (Wildman–Crippen MR) is 53.0 cm³/mol. The molecule has 0 bridgehead atoms. The zero-order valence-corrected chi connectivity index (χ0v) is 11.0. The Labute approximate surface area is 109 Å². The standard InChI is InChI=1S/C12H11O.Y/c1-10(12-8-5-9-13-12)11-6-3-2-4-7-11;/h3-8H,2H2,1H3;/q-1;. The SMILES string of the molecule is CC(=C1C=CCC=C1)c1cc[c-]o1.[Y]. The minimum absolute atomic E-state index is 0. The minimum Gasteiger partial charge on any atom is -0.591 e. The van der Waals surface area contributed by atoms with E-state index in [1.165, 1.54) is 5.57 Å². The molecule has 1 nitrogen and oxygen atoms in total. The number of hydrogen-bond acceptors (Lipinski definition) is 1. The number of hydrogen-bond donors (Lipinski definition) is 0. The zero-order chi connectivity index (χ0) is 9.10. The number of allylic oxidation sites excluding steroid dienone is 6. The summed E-state index contributed by atoms with van der Waals surface area (Å²) in [6.07, 6.45) is 12.3. The first-order valence-electron chi connectivity index (χ1n) is 4.38. The molecule has 0 atom stereocenters. The molecule has 1 aromatic rings. The van der Waals surface area contributed by atoms with E-state index in [0.717, 1.165) is 17.8 Å². The smallest absolute Gasteiger partial charge is 0 e. The van der Waals surface area contributed by atoms with Crippen LogP contribution in [0, 0.1) is 6.26 Å². The van der Waals surface area contributed by atoms with Gasteiger partial charge in [-0.15, -0.1) is 6.07 Å². The molecule has 0 spiro atoms. The maximum absolute atomic E-state index is 5.20. The van der Waals surface area contributed by atoms with Gasteiger partial charge in [-0.05, 0) is 30.9 Å². The van der Waals surface area contributed by atoms with Crippen LogP contribution in [-0.4, -0.2) is 0 Å². The van der Waals surface area contributed by atoms with E-state index in [0.29, 0.717) is 0 Å². The summed E-state index contributed by atoms with van der Waals surface area (Å²) in [5.74, 6) is 0.895. The summed E-state index contributed by atoms with van der Waals surface area (Å²) in [7, 11) is 0. The topological polar surface area (TPSA) is 13.1 Å². The first kappa shape index (κ1) is 11.7. The third-order valence-electron chi connectivity index (χ3n) is 2.14. The van der Waals surface area contributed by atoms with Crippen LogP contribution >= 0.6 is 0 Å². The molecule has 0 unspecified atom stereocenters.